The maximum Gasteiger partial charge on any atom is 0.403 e. The van der Waals surface area contributed by atoms with Gasteiger partial charge in [0, 0.05) is 6.04 Å². The SMILES string of the molecule is FC(F)(F)C1CC2CCCC2N1. The van der Waals surface area contributed by atoms with Gasteiger partial charge in [-0.2, -0.15) is 13.2 Å². The summed E-state index contributed by atoms with van der Waals surface area (Å²) in [6.45, 7) is 0. The third-order valence-corrected chi connectivity index (χ3v) is 3.01. The standard InChI is InChI=1S/C8H12F3N/c9-8(10,11)7-4-5-2-1-3-6(5)12-7/h5-7,12H,1-4H2. The lowest BCUT2D eigenvalue weighted by Crippen LogP contribution is -2.40. The smallest absolute Gasteiger partial charge is 0.303 e. The van der Waals surface area contributed by atoms with Crippen molar-refractivity contribution in [3.05, 3.63) is 0 Å². The Hall–Kier alpha value is -0.250. The summed E-state index contributed by atoms with van der Waals surface area (Å²) < 4.78 is 36.6. The lowest BCUT2D eigenvalue weighted by atomic mass is 10.0. The van der Waals surface area contributed by atoms with Crippen molar-refractivity contribution in [2.45, 2.75) is 43.9 Å². The molecule has 0 aromatic rings. The first-order chi connectivity index (χ1) is 5.57. The van der Waals surface area contributed by atoms with E-state index < -0.39 is 12.2 Å². The second kappa shape index (κ2) is 2.62. The van der Waals surface area contributed by atoms with Crippen LogP contribution >= 0.6 is 0 Å². The minimum Gasteiger partial charge on any atom is -0.303 e. The highest BCUT2D eigenvalue weighted by Gasteiger charge is 2.48. The van der Waals surface area contributed by atoms with E-state index in [1.165, 1.54) is 0 Å². The molecule has 1 heterocycles. The molecule has 0 bridgehead atoms. The van der Waals surface area contributed by atoms with Gasteiger partial charge in [0.1, 0.15) is 6.04 Å². The second-order valence-corrected chi connectivity index (χ2v) is 3.79. The number of nitrogens with one attached hydrogen (secondary N) is 1. The van der Waals surface area contributed by atoms with Gasteiger partial charge in [-0.05, 0) is 25.2 Å². The van der Waals surface area contributed by atoms with Crippen LogP contribution in [0.1, 0.15) is 25.7 Å². The van der Waals surface area contributed by atoms with Gasteiger partial charge in [-0.15, -0.1) is 0 Å². The molecule has 1 aliphatic carbocycles. The van der Waals surface area contributed by atoms with E-state index >= 15 is 0 Å². The van der Waals surface area contributed by atoms with Crippen LogP contribution in [0.3, 0.4) is 0 Å². The predicted molar refractivity (Wildman–Crippen MR) is 38.7 cm³/mol. The second-order valence-electron chi connectivity index (χ2n) is 3.79. The first-order valence-corrected chi connectivity index (χ1v) is 4.40. The number of hydrogen-bond acceptors (Lipinski definition) is 1. The lowest BCUT2D eigenvalue weighted by molar-refractivity contribution is -0.153. The molecular formula is C8H12F3N. The van der Waals surface area contributed by atoms with Crippen molar-refractivity contribution in [3.63, 3.8) is 0 Å². The van der Waals surface area contributed by atoms with Crippen LogP contribution in [0.15, 0.2) is 0 Å². The van der Waals surface area contributed by atoms with Crippen molar-refractivity contribution in [1.82, 2.24) is 5.32 Å². The fourth-order valence-corrected chi connectivity index (χ4v) is 2.40. The Kier molecular flexibility index (Phi) is 1.82. The summed E-state index contributed by atoms with van der Waals surface area (Å²) in [6.07, 6.45) is -0.743. The number of halogens is 3. The molecule has 0 spiro atoms. The van der Waals surface area contributed by atoms with E-state index in [4.69, 9.17) is 0 Å². The van der Waals surface area contributed by atoms with Gasteiger partial charge < -0.3 is 5.32 Å². The Morgan fingerprint density at radius 1 is 1.17 bits per heavy atom. The van der Waals surface area contributed by atoms with Crippen LogP contribution in [-0.4, -0.2) is 18.3 Å². The van der Waals surface area contributed by atoms with Gasteiger partial charge in [-0.3, -0.25) is 0 Å². The molecule has 4 heteroatoms. The predicted octanol–water partition coefficient (Wildman–Crippen LogP) is 2.08. The van der Waals surface area contributed by atoms with Crippen molar-refractivity contribution in [3.8, 4) is 0 Å². The van der Waals surface area contributed by atoms with E-state index in [0.717, 1.165) is 19.3 Å². The number of fused-ring (bicyclic) bond motifs is 1. The minimum atomic E-state index is -4.04. The van der Waals surface area contributed by atoms with Crippen LogP contribution in [0.2, 0.25) is 0 Å². The first kappa shape index (κ1) is 8.35. The molecule has 12 heavy (non-hydrogen) atoms. The van der Waals surface area contributed by atoms with Crippen LogP contribution in [0, 0.1) is 5.92 Å². The van der Waals surface area contributed by atoms with Gasteiger partial charge in [-0.25, -0.2) is 0 Å². The molecule has 1 saturated heterocycles. The molecule has 0 aromatic carbocycles. The van der Waals surface area contributed by atoms with Crippen molar-refractivity contribution < 1.29 is 13.2 Å². The molecule has 1 nitrogen and oxygen atoms in total. The zero-order chi connectivity index (χ0) is 8.77. The summed E-state index contributed by atoms with van der Waals surface area (Å²) in [5.74, 6) is 0.289. The molecule has 3 unspecified atom stereocenters. The summed E-state index contributed by atoms with van der Waals surface area (Å²) in [5, 5.41) is 2.67. The van der Waals surface area contributed by atoms with Gasteiger partial charge in [0.25, 0.3) is 0 Å². The van der Waals surface area contributed by atoms with Crippen LogP contribution in [0.5, 0.6) is 0 Å². The van der Waals surface area contributed by atoms with Crippen LogP contribution in [0.4, 0.5) is 13.2 Å². The summed E-state index contributed by atoms with van der Waals surface area (Å²) in [6, 6.07) is -1.08. The van der Waals surface area contributed by atoms with E-state index in [1.54, 1.807) is 0 Å². The molecule has 1 saturated carbocycles. The maximum atomic E-state index is 12.2. The van der Waals surface area contributed by atoms with E-state index in [-0.39, 0.29) is 12.0 Å². The van der Waals surface area contributed by atoms with E-state index in [0.29, 0.717) is 6.42 Å². The molecule has 0 amide bonds. The molecule has 0 radical (unpaired) electrons. The number of alkyl halides is 3. The highest BCUT2D eigenvalue weighted by atomic mass is 19.4. The van der Waals surface area contributed by atoms with Crippen molar-refractivity contribution in [1.29, 1.82) is 0 Å². The molecule has 2 rings (SSSR count). The van der Waals surface area contributed by atoms with E-state index in [2.05, 4.69) is 5.32 Å². The van der Waals surface area contributed by atoms with E-state index in [9.17, 15) is 13.2 Å². The topological polar surface area (TPSA) is 12.0 Å². The molecule has 2 aliphatic rings. The Morgan fingerprint density at radius 2 is 1.92 bits per heavy atom. The maximum absolute atomic E-state index is 12.2. The van der Waals surface area contributed by atoms with Crippen LogP contribution < -0.4 is 5.32 Å². The summed E-state index contributed by atoms with van der Waals surface area (Å²) in [7, 11) is 0. The highest BCUT2D eigenvalue weighted by Crippen LogP contribution is 2.39. The third-order valence-electron chi connectivity index (χ3n) is 3.01. The molecule has 2 fully saturated rings. The number of hydrogen-bond donors (Lipinski definition) is 1. The Labute approximate surface area is 69.3 Å². The Bertz CT molecular complexity index is 166. The first-order valence-electron chi connectivity index (χ1n) is 4.40. The van der Waals surface area contributed by atoms with Gasteiger partial charge in [0.05, 0.1) is 0 Å². The van der Waals surface area contributed by atoms with Gasteiger partial charge in [-0.1, -0.05) is 6.42 Å². The largest absolute Gasteiger partial charge is 0.403 e. The Balaban J connectivity index is 1.99. The van der Waals surface area contributed by atoms with E-state index in [1.807, 2.05) is 0 Å². The molecule has 1 aliphatic heterocycles. The van der Waals surface area contributed by atoms with Crippen LogP contribution in [-0.2, 0) is 0 Å². The fraction of sp³-hybridized carbons (Fsp3) is 1.00. The van der Waals surface area contributed by atoms with Crippen LogP contribution in [0.25, 0.3) is 0 Å². The normalized spacial score (nSPS) is 41.8. The molecule has 70 valence electrons. The average Bonchev–Trinajstić information content (AvgIpc) is 2.37. The lowest BCUT2D eigenvalue weighted by Gasteiger charge is -2.16. The van der Waals surface area contributed by atoms with Crippen molar-refractivity contribution >= 4 is 0 Å². The summed E-state index contributed by atoms with van der Waals surface area (Å²) in [4.78, 5) is 0. The molecule has 3 atom stereocenters. The summed E-state index contributed by atoms with van der Waals surface area (Å²) in [5.41, 5.74) is 0. The highest BCUT2D eigenvalue weighted by molar-refractivity contribution is 4.97. The number of rotatable bonds is 0. The monoisotopic (exact) mass is 179 g/mol. The quantitative estimate of drug-likeness (QED) is 0.600. The zero-order valence-electron chi connectivity index (χ0n) is 6.69. The third kappa shape index (κ3) is 1.32. The molecular weight excluding hydrogens is 167 g/mol. The van der Waals surface area contributed by atoms with Crippen molar-refractivity contribution in [2.24, 2.45) is 5.92 Å². The van der Waals surface area contributed by atoms with Gasteiger partial charge in [0.2, 0.25) is 0 Å². The zero-order valence-corrected chi connectivity index (χ0v) is 6.69. The minimum absolute atomic E-state index is 0.150. The van der Waals surface area contributed by atoms with Gasteiger partial charge >= 0.3 is 6.18 Å². The summed E-state index contributed by atoms with van der Waals surface area (Å²) >= 11 is 0. The fourth-order valence-electron chi connectivity index (χ4n) is 2.40. The van der Waals surface area contributed by atoms with Crippen molar-refractivity contribution in [2.75, 3.05) is 0 Å². The molecule has 0 aromatic heterocycles. The van der Waals surface area contributed by atoms with Gasteiger partial charge in [0.15, 0.2) is 0 Å². The Morgan fingerprint density at radius 3 is 2.50 bits per heavy atom. The average molecular weight is 179 g/mol. The molecule has 1 N–H and O–H groups in total.